The Balaban J connectivity index is 2.35. The van der Waals surface area contributed by atoms with E-state index in [1.165, 1.54) is 0 Å². The quantitative estimate of drug-likeness (QED) is 0.625. The van der Waals surface area contributed by atoms with Crippen LogP contribution in [0.3, 0.4) is 0 Å². The van der Waals surface area contributed by atoms with Crippen molar-refractivity contribution in [1.29, 1.82) is 0 Å². The van der Waals surface area contributed by atoms with E-state index in [1.807, 2.05) is 0 Å². The van der Waals surface area contributed by atoms with Crippen molar-refractivity contribution < 1.29 is 27.9 Å². The first-order valence-electron chi connectivity index (χ1n) is 5.68. The molecule has 2 rings (SSSR count). The summed E-state index contributed by atoms with van der Waals surface area (Å²) in [4.78, 5) is 9.65. The van der Waals surface area contributed by atoms with Gasteiger partial charge in [0, 0.05) is 6.07 Å². The highest BCUT2D eigenvalue weighted by Crippen LogP contribution is 2.38. The minimum absolute atomic E-state index is 0.0983. The smallest absolute Gasteiger partial charge is 0.416 e. The minimum atomic E-state index is -4.58. The third-order valence-corrected chi connectivity index (χ3v) is 2.93. The number of nitrogens with zero attached hydrogens (tertiary/aromatic N) is 1. The molecule has 22 heavy (non-hydrogen) atoms. The SMILES string of the molecule is O=[N+]([O-])c1ccc(Oc2cc(C(F)(F)F)ccc2Cl)cc1[O-]. The molecule has 0 amide bonds. The fraction of sp³-hybridized carbons (Fsp3) is 0.0769. The molecule has 2 aromatic rings. The Labute approximate surface area is 126 Å². The summed E-state index contributed by atoms with van der Waals surface area (Å²) in [5.41, 5.74) is -1.64. The number of hydrogen-bond acceptors (Lipinski definition) is 4. The normalized spacial score (nSPS) is 11.3. The lowest BCUT2D eigenvalue weighted by molar-refractivity contribution is -0.398. The average Bonchev–Trinajstić information content (AvgIpc) is 2.39. The summed E-state index contributed by atoms with van der Waals surface area (Å²) >= 11 is 5.74. The maximum absolute atomic E-state index is 12.6. The molecule has 0 fully saturated rings. The summed E-state index contributed by atoms with van der Waals surface area (Å²) in [5.74, 6) is -1.40. The van der Waals surface area contributed by atoms with E-state index < -0.39 is 28.1 Å². The predicted octanol–water partition coefficient (Wildman–Crippen LogP) is 4.13. The van der Waals surface area contributed by atoms with Gasteiger partial charge in [-0.2, -0.15) is 13.2 Å². The molecule has 0 radical (unpaired) electrons. The molecule has 0 unspecified atom stereocenters. The lowest BCUT2D eigenvalue weighted by Gasteiger charge is -2.13. The van der Waals surface area contributed by atoms with Gasteiger partial charge >= 0.3 is 6.18 Å². The largest absolute Gasteiger partial charge is 0.868 e. The second-order valence-corrected chi connectivity index (χ2v) is 4.54. The summed E-state index contributed by atoms with van der Waals surface area (Å²) in [7, 11) is 0. The zero-order valence-electron chi connectivity index (χ0n) is 10.6. The molecular weight excluding hydrogens is 327 g/mol. The van der Waals surface area contributed by atoms with Gasteiger partial charge in [0.05, 0.1) is 15.5 Å². The van der Waals surface area contributed by atoms with Crippen LogP contribution in [0, 0.1) is 10.1 Å². The monoisotopic (exact) mass is 332 g/mol. The third-order valence-electron chi connectivity index (χ3n) is 2.61. The Morgan fingerprint density at radius 2 is 1.82 bits per heavy atom. The van der Waals surface area contributed by atoms with Gasteiger partial charge in [0.2, 0.25) is 0 Å². The lowest BCUT2D eigenvalue weighted by atomic mass is 10.2. The zero-order chi connectivity index (χ0) is 16.5. The van der Waals surface area contributed by atoms with E-state index in [2.05, 4.69) is 0 Å². The van der Waals surface area contributed by atoms with Crippen molar-refractivity contribution in [3.05, 3.63) is 57.1 Å². The number of halogens is 4. The van der Waals surface area contributed by atoms with Crippen molar-refractivity contribution >= 4 is 17.3 Å². The van der Waals surface area contributed by atoms with Crippen LogP contribution in [0.2, 0.25) is 5.02 Å². The van der Waals surface area contributed by atoms with Gasteiger partial charge in [-0.05, 0) is 36.1 Å². The van der Waals surface area contributed by atoms with Crippen molar-refractivity contribution in [2.24, 2.45) is 0 Å². The van der Waals surface area contributed by atoms with Crippen LogP contribution in [0.1, 0.15) is 5.56 Å². The number of nitro groups is 1. The molecule has 5 nitrogen and oxygen atoms in total. The molecule has 116 valence electrons. The van der Waals surface area contributed by atoms with Crippen molar-refractivity contribution in [3.63, 3.8) is 0 Å². The van der Waals surface area contributed by atoms with E-state index in [-0.39, 0.29) is 16.5 Å². The van der Waals surface area contributed by atoms with Crippen LogP contribution in [0.4, 0.5) is 18.9 Å². The molecule has 0 atom stereocenters. The second-order valence-electron chi connectivity index (χ2n) is 4.13. The molecule has 0 bridgehead atoms. The van der Waals surface area contributed by atoms with Crippen LogP contribution in [-0.2, 0) is 6.18 Å². The number of nitro benzene ring substituents is 1. The van der Waals surface area contributed by atoms with Gasteiger partial charge < -0.3 is 9.84 Å². The molecule has 2 aromatic carbocycles. The van der Waals surface area contributed by atoms with Gasteiger partial charge in [0.15, 0.2) is 0 Å². The van der Waals surface area contributed by atoms with Crippen LogP contribution in [0.5, 0.6) is 17.2 Å². The van der Waals surface area contributed by atoms with Gasteiger partial charge in [-0.25, -0.2) is 0 Å². The number of alkyl halides is 3. The fourth-order valence-corrected chi connectivity index (χ4v) is 1.75. The maximum Gasteiger partial charge on any atom is 0.416 e. The molecule has 0 saturated carbocycles. The summed E-state index contributed by atoms with van der Waals surface area (Å²) < 4.78 is 43.0. The van der Waals surface area contributed by atoms with E-state index >= 15 is 0 Å². The van der Waals surface area contributed by atoms with Crippen molar-refractivity contribution in [3.8, 4) is 17.2 Å². The van der Waals surface area contributed by atoms with Gasteiger partial charge in [-0.1, -0.05) is 11.6 Å². The van der Waals surface area contributed by atoms with E-state index in [1.54, 1.807) is 0 Å². The standard InChI is InChI=1S/C13H7ClF3NO4/c14-9-3-1-7(13(15,16)17)5-12(9)22-8-2-4-10(18(20)21)11(19)6-8/h1-6,19H/p-1. The molecule has 0 N–H and O–H groups in total. The number of ether oxygens (including phenoxy) is 1. The molecule has 0 spiro atoms. The molecular formula is C13H6ClF3NO4-. The first kappa shape index (κ1) is 15.9. The molecule has 0 heterocycles. The summed E-state index contributed by atoms with van der Waals surface area (Å²) in [5, 5.41) is 21.9. The number of hydrogen-bond donors (Lipinski definition) is 0. The first-order valence-corrected chi connectivity index (χ1v) is 6.06. The van der Waals surface area contributed by atoms with Gasteiger partial charge in [-0.3, -0.25) is 10.1 Å². The van der Waals surface area contributed by atoms with Gasteiger partial charge in [0.25, 0.3) is 5.69 Å². The Hall–Kier alpha value is -2.48. The number of rotatable bonds is 3. The van der Waals surface area contributed by atoms with Gasteiger partial charge in [-0.15, -0.1) is 0 Å². The molecule has 0 aromatic heterocycles. The van der Waals surface area contributed by atoms with E-state index in [9.17, 15) is 28.4 Å². The highest BCUT2D eigenvalue weighted by Gasteiger charge is 2.31. The molecule has 0 aliphatic heterocycles. The Morgan fingerprint density at radius 1 is 1.14 bits per heavy atom. The van der Waals surface area contributed by atoms with Crippen molar-refractivity contribution in [2.75, 3.05) is 0 Å². The van der Waals surface area contributed by atoms with Crippen LogP contribution >= 0.6 is 11.6 Å². The Bertz CT molecular complexity index is 734. The van der Waals surface area contributed by atoms with Crippen LogP contribution in [-0.4, -0.2) is 4.92 Å². The van der Waals surface area contributed by atoms with Crippen LogP contribution in [0.25, 0.3) is 0 Å². The van der Waals surface area contributed by atoms with Crippen LogP contribution < -0.4 is 9.84 Å². The molecule has 0 saturated heterocycles. The zero-order valence-corrected chi connectivity index (χ0v) is 11.3. The average molecular weight is 333 g/mol. The summed E-state index contributed by atoms with van der Waals surface area (Å²) in [6.45, 7) is 0. The van der Waals surface area contributed by atoms with Crippen molar-refractivity contribution in [2.45, 2.75) is 6.18 Å². The predicted molar refractivity (Wildman–Crippen MR) is 69.1 cm³/mol. The number of benzene rings is 2. The van der Waals surface area contributed by atoms with Crippen LogP contribution in [0.15, 0.2) is 36.4 Å². The Kier molecular flexibility index (Phi) is 4.14. The first-order chi connectivity index (χ1) is 10.2. The van der Waals surface area contributed by atoms with Gasteiger partial charge in [0.1, 0.15) is 11.5 Å². The fourth-order valence-electron chi connectivity index (χ4n) is 1.59. The minimum Gasteiger partial charge on any atom is -0.868 e. The lowest BCUT2D eigenvalue weighted by Crippen LogP contribution is -2.05. The van der Waals surface area contributed by atoms with E-state index in [4.69, 9.17) is 16.3 Å². The topological polar surface area (TPSA) is 75.4 Å². The highest BCUT2D eigenvalue weighted by atomic mass is 35.5. The molecule has 9 heteroatoms. The Morgan fingerprint density at radius 3 is 2.36 bits per heavy atom. The molecule has 0 aliphatic rings. The van der Waals surface area contributed by atoms with E-state index in [0.717, 1.165) is 30.3 Å². The third kappa shape index (κ3) is 3.40. The summed E-state index contributed by atoms with van der Waals surface area (Å²) in [6, 6.07) is 5.26. The highest BCUT2D eigenvalue weighted by molar-refractivity contribution is 6.32. The summed E-state index contributed by atoms with van der Waals surface area (Å²) in [6.07, 6.45) is -4.58. The maximum atomic E-state index is 12.6. The van der Waals surface area contributed by atoms with Crippen molar-refractivity contribution in [1.82, 2.24) is 0 Å². The van der Waals surface area contributed by atoms with E-state index in [0.29, 0.717) is 6.07 Å². The molecule has 0 aliphatic carbocycles. The second kappa shape index (κ2) is 5.72.